The summed E-state index contributed by atoms with van der Waals surface area (Å²) >= 11 is 6.39. The summed E-state index contributed by atoms with van der Waals surface area (Å²) in [6.07, 6.45) is 0.912. The highest BCUT2D eigenvalue weighted by Gasteiger charge is 2.13. The molecule has 112 valence electrons. The van der Waals surface area contributed by atoms with E-state index in [4.69, 9.17) is 11.6 Å². The van der Waals surface area contributed by atoms with E-state index >= 15 is 0 Å². The molecule has 0 saturated heterocycles. The van der Waals surface area contributed by atoms with Crippen LogP contribution in [-0.4, -0.2) is 6.54 Å². The third-order valence-corrected chi connectivity index (χ3v) is 4.37. The van der Waals surface area contributed by atoms with Gasteiger partial charge in [-0.1, -0.05) is 48.9 Å². The van der Waals surface area contributed by atoms with Crippen molar-refractivity contribution in [3.05, 3.63) is 69.2 Å². The van der Waals surface area contributed by atoms with Gasteiger partial charge in [-0.2, -0.15) is 0 Å². The van der Waals surface area contributed by atoms with Crippen molar-refractivity contribution in [2.24, 2.45) is 0 Å². The zero-order valence-corrected chi connectivity index (χ0v) is 14.1. The summed E-state index contributed by atoms with van der Waals surface area (Å²) in [7, 11) is 0. The summed E-state index contributed by atoms with van der Waals surface area (Å²) < 4.78 is 0. The Morgan fingerprint density at radius 1 is 1.00 bits per heavy atom. The molecule has 0 aliphatic heterocycles. The van der Waals surface area contributed by atoms with Crippen LogP contribution >= 0.6 is 11.6 Å². The molecule has 2 rings (SSSR count). The molecule has 0 aliphatic rings. The van der Waals surface area contributed by atoms with Crippen LogP contribution in [0, 0.1) is 20.8 Å². The molecule has 0 amide bonds. The molecule has 0 aromatic heterocycles. The van der Waals surface area contributed by atoms with Crippen molar-refractivity contribution in [2.45, 2.75) is 40.2 Å². The van der Waals surface area contributed by atoms with Gasteiger partial charge in [-0.15, -0.1) is 0 Å². The molecule has 2 aromatic rings. The highest BCUT2D eigenvalue weighted by Crippen LogP contribution is 2.25. The Hall–Kier alpha value is -1.31. The highest BCUT2D eigenvalue weighted by atomic mass is 35.5. The molecule has 2 heteroatoms. The number of nitrogens with one attached hydrogen (secondary N) is 1. The number of hydrogen-bond donors (Lipinski definition) is 1. The standard InChI is InChI=1S/C19H24ClN/c1-5-21-19(17-9-7-14(3)15(4)11-17)12-16-8-6-13(2)10-18(16)20/h6-11,19,21H,5,12H2,1-4H3. The van der Waals surface area contributed by atoms with Crippen molar-refractivity contribution in [3.63, 3.8) is 0 Å². The minimum absolute atomic E-state index is 0.300. The lowest BCUT2D eigenvalue weighted by atomic mass is 9.95. The molecule has 0 heterocycles. The van der Waals surface area contributed by atoms with Crippen molar-refractivity contribution in [1.82, 2.24) is 5.32 Å². The Balaban J connectivity index is 2.28. The quantitative estimate of drug-likeness (QED) is 0.804. The zero-order valence-electron chi connectivity index (χ0n) is 13.3. The smallest absolute Gasteiger partial charge is 0.0441 e. The predicted octanol–water partition coefficient (Wildman–Crippen LogP) is 5.16. The SMILES string of the molecule is CCNC(Cc1ccc(C)cc1Cl)c1ccc(C)c(C)c1. The van der Waals surface area contributed by atoms with Crippen molar-refractivity contribution in [3.8, 4) is 0 Å². The molecular weight excluding hydrogens is 278 g/mol. The minimum atomic E-state index is 0.300. The fraction of sp³-hybridized carbons (Fsp3) is 0.368. The van der Waals surface area contributed by atoms with Crippen LogP contribution in [0.25, 0.3) is 0 Å². The van der Waals surface area contributed by atoms with Gasteiger partial charge in [-0.3, -0.25) is 0 Å². The molecule has 1 N–H and O–H groups in total. The molecular formula is C19H24ClN. The lowest BCUT2D eigenvalue weighted by molar-refractivity contribution is 0.549. The second-order valence-electron chi connectivity index (χ2n) is 5.75. The van der Waals surface area contributed by atoms with Gasteiger partial charge in [0.25, 0.3) is 0 Å². The molecule has 1 unspecified atom stereocenters. The molecule has 0 spiro atoms. The maximum atomic E-state index is 6.39. The van der Waals surface area contributed by atoms with Crippen LogP contribution in [0.5, 0.6) is 0 Å². The van der Waals surface area contributed by atoms with Gasteiger partial charge < -0.3 is 5.32 Å². The normalized spacial score (nSPS) is 12.4. The number of hydrogen-bond acceptors (Lipinski definition) is 1. The molecule has 0 radical (unpaired) electrons. The Morgan fingerprint density at radius 3 is 2.38 bits per heavy atom. The topological polar surface area (TPSA) is 12.0 Å². The third-order valence-electron chi connectivity index (χ3n) is 4.02. The van der Waals surface area contributed by atoms with Crippen LogP contribution in [0.1, 0.15) is 40.8 Å². The van der Waals surface area contributed by atoms with Gasteiger partial charge in [0.05, 0.1) is 0 Å². The fourth-order valence-electron chi connectivity index (χ4n) is 2.57. The molecule has 0 aliphatic carbocycles. The molecule has 2 aromatic carbocycles. The van der Waals surface area contributed by atoms with Gasteiger partial charge in [0.2, 0.25) is 0 Å². The largest absolute Gasteiger partial charge is 0.310 e. The third kappa shape index (κ3) is 4.09. The molecule has 0 fully saturated rings. The van der Waals surface area contributed by atoms with Crippen molar-refractivity contribution < 1.29 is 0 Å². The van der Waals surface area contributed by atoms with Crippen LogP contribution < -0.4 is 5.32 Å². The Morgan fingerprint density at radius 2 is 1.76 bits per heavy atom. The molecule has 0 saturated carbocycles. The van der Waals surface area contributed by atoms with Gasteiger partial charge in [0.15, 0.2) is 0 Å². The summed E-state index contributed by atoms with van der Waals surface area (Å²) in [6.45, 7) is 9.48. The van der Waals surface area contributed by atoms with E-state index in [1.54, 1.807) is 0 Å². The van der Waals surface area contributed by atoms with Gasteiger partial charge in [0.1, 0.15) is 0 Å². The zero-order chi connectivity index (χ0) is 15.4. The maximum absolute atomic E-state index is 6.39. The monoisotopic (exact) mass is 301 g/mol. The summed E-state index contributed by atoms with van der Waals surface area (Å²) in [5.41, 5.74) is 6.41. The first kappa shape index (κ1) is 16.1. The lowest BCUT2D eigenvalue weighted by Gasteiger charge is -2.20. The van der Waals surface area contributed by atoms with E-state index in [9.17, 15) is 0 Å². The van der Waals surface area contributed by atoms with Crippen LogP contribution in [0.3, 0.4) is 0 Å². The molecule has 1 nitrogen and oxygen atoms in total. The minimum Gasteiger partial charge on any atom is -0.310 e. The first-order chi connectivity index (χ1) is 10.0. The second kappa shape index (κ2) is 7.11. The number of likely N-dealkylation sites (N-methyl/N-ethyl adjacent to an activating group) is 1. The Bertz CT molecular complexity index is 619. The summed E-state index contributed by atoms with van der Waals surface area (Å²) in [5, 5.41) is 4.44. The highest BCUT2D eigenvalue weighted by molar-refractivity contribution is 6.31. The van der Waals surface area contributed by atoms with E-state index in [0.29, 0.717) is 6.04 Å². The first-order valence-corrected chi connectivity index (χ1v) is 7.94. The Labute approximate surface area is 133 Å². The van der Waals surface area contributed by atoms with Crippen molar-refractivity contribution >= 4 is 11.6 Å². The maximum Gasteiger partial charge on any atom is 0.0441 e. The van der Waals surface area contributed by atoms with Crippen LogP contribution in [-0.2, 0) is 6.42 Å². The van der Waals surface area contributed by atoms with Gasteiger partial charge in [0, 0.05) is 11.1 Å². The van der Waals surface area contributed by atoms with Crippen LogP contribution in [0.4, 0.5) is 0 Å². The predicted molar refractivity (Wildman–Crippen MR) is 92.2 cm³/mol. The number of rotatable bonds is 5. The number of aryl methyl sites for hydroxylation is 3. The van der Waals surface area contributed by atoms with Gasteiger partial charge in [-0.25, -0.2) is 0 Å². The average Bonchev–Trinajstić information content (AvgIpc) is 2.44. The number of halogens is 1. The van der Waals surface area contributed by atoms with E-state index in [2.05, 4.69) is 63.3 Å². The fourth-order valence-corrected chi connectivity index (χ4v) is 2.89. The van der Waals surface area contributed by atoms with Crippen LogP contribution in [0.2, 0.25) is 5.02 Å². The summed E-state index contributed by atoms with van der Waals surface area (Å²) in [5.74, 6) is 0. The average molecular weight is 302 g/mol. The van der Waals surface area contributed by atoms with E-state index < -0.39 is 0 Å². The van der Waals surface area contributed by atoms with Gasteiger partial charge >= 0.3 is 0 Å². The van der Waals surface area contributed by atoms with Crippen LogP contribution in [0.15, 0.2) is 36.4 Å². The lowest BCUT2D eigenvalue weighted by Crippen LogP contribution is -2.23. The molecule has 21 heavy (non-hydrogen) atoms. The second-order valence-corrected chi connectivity index (χ2v) is 6.16. The first-order valence-electron chi connectivity index (χ1n) is 7.56. The van der Waals surface area contributed by atoms with Gasteiger partial charge in [-0.05, 0) is 67.6 Å². The Kier molecular flexibility index (Phi) is 5.44. The van der Waals surface area contributed by atoms with E-state index in [-0.39, 0.29) is 0 Å². The van der Waals surface area contributed by atoms with Crippen molar-refractivity contribution in [1.29, 1.82) is 0 Å². The molecule has 0 bridgehead atoms. The number of benzene rings is 2. The summed E-state index contributed by atoms with van der Waals surface area (Å²) in [6, 6.07) is 13.3. The van der Waals surface area contributed by atoms with E-state index in [1.165, 1.54) is 27.8 Å². The van der Waals surface area contributed by atoms with Crippen molar-refractivity contribution in [2.75, 3.05) is 6.54 Å². The summed E-state index contributed by atoms with van der Waals surface area (Å²) in [4.78, 5) is 0. The van der Waals surface area contributed by atoms with E-state index in [1.807, 2.05) is 6.07 Å². The molecule has 1 atom stereocenters. The van der Waals surface area contributed by atoms with E-state index in [0.717, 1.165) is 18.0 Å².